The van der Waals surface area contributed by atoms with Gasteiger partial charge in [0.15, 0.2) is 0 Å². The van der Waals surface area contributed by atoms with Crippen LogP contribution in [-0.2, 0) is 17.8 Å². The van der Waals surface area contributed by atoms with Crippen molar-refractivity contribution in [1.29, 1.82) is 0 Å². The summed E-state index contributed by atoms with van der Waals surface area (Å²) in [7, 11) is 0. The Hall–Kier alpha value is -3.02. The van der Waals surface area contributed by atoms with Crippen LogP contribution in [0.25, 0.3) is 0 Å². The van der Waals surface area contributed by atoms with Gasteiger partial charge in [-0.25, -0.2) is 0 Å². The molecule has 3 aromatic carbocycles. The fourth-order valence-corrected chi connectivity index (χ4v) is 4.44. The number of rotatable bonds is 10. The average Bonchev–Trinajstić information content (AvgIpc) is 3.37. The van der Waals surface area contributed by atoms with Crippen LogP contribution in [0.2, 0.25) is 5.02 Å². The van der Waals surface area contributed by atoms with E-state index in [-0.39, 0.29) is 11.7 Å². The third-order valence-electron chi connectivity index (χ3n) is 6.16. The van der Waals surface area contributed by atoms with E-state index in [4.69, 9.17) is 16.3 Å². The van der Waals surface area contributed by atoms with Crippen molar-refractivity contribution in [1.82, 2.24) is 4.90 Å². The van der Waals surface area contributed by atoms with Crippen molar-refractivity contribution in [3.8, 4) is 11.5 Å². The normalized spacial score (nSPS) is 13.7. The molecule has 5 nitrogen and oxygen atoms in total. The first-order valence-electron chi connectivity index (χ1n) is 11.9. The Kier molecular flexibility index (Phi) is 8.45. The van der Waals surface area contributed by atoms with Gasteiger partial charge in [0.05, 0.1) is 6.54 Å². The molecule has 0 saturated carbocycles. The van der Waals surface area contributed by atoms with E-state index in [9.17, 15) is 9.90 Å². The minimum absolute atomic E-state index is 0.00990. The van der Waals surface area contributed by atoms with Crippen molar-refractivity contribution in [2.45, 2.75) is 32.2 Å². The second-order valence-electron chi connectivity index (χ2n) is 8.63. The molecule has 178 valence electrons. The Morgan fingerprint density at radius 1 is 1.00 bits per heavy atom. The maximum absolute atomic E-state index is 13.3. The summed E-state index contributed by atoms with van der Waals surface area (Å²) in [6.45, 7) is 4.22. The highest BCUT2D eigenvalue weighted by Gasteiger charge is 2.18. The lowest BCUT2D eigenvalue weighted by Crippen LogP contribution is -2.30. The summed E-state index contributed by atoms with van der Waals surface area (Å²) >= 11 is 6.35. The predicted molar refractivity (Wildman–Crippen MR) is 137 cm³/mol. The number of aromatic hydroxyl groups is 1. The summed E-state index contributed by atoms with van der Waals surface area (Å²) < 4.78 is 5.93. The van der Waals surface area contributed by atoms with Gasteiger partial charge in [0, 0.05) is 23.7 Å². The highest BCUT2D eigenvalue weighted by atomic mass is 35.5. The number of benzene rings is 3. The molecule has 1 aliphatic heterocycles. The zero-order chi connectivity index (χ0) is 23.8. The van der Waals surface area contributed by atoms with Gasteiger partial charge in [-0.15, -0.1) is 0 Å². The van der Waals surface area contributed by atoms with Crippen LogP contribution in [-0.4, -0.2) is 42.2 Å². The number of phenolic OH excluding ortho intramolecular Hbond substituents is 1. The van der Waals surface area contributed by atoms with Gasteiger partial charge in [-0.05, 0) is 79.9 Å². The van der Waals surface area contributed by atoms with E-state index in [1.165, 1.54) is 18.9 Å². The smallest absolute Gasteiger partial charge is 0.227 e. The number of carbonyl (C=O) groups is 1. The first-order valence-corrected chi connectivity index (χ1v) is 12.2. The number of aryl methyl sites for hydroxylation is 1. The third-order valence-corrected chi connectivity index (χ3v) is 6.51. The summed E-state index contributed by atoms with van der Waals surface area (Å²) in [4.78, 5) is 17.5. The fraction of sp³-hybridized carbons (Fsp3) is 0.321. The molecule has 1 fully saturated rings. The molecule has 0 spiro atoms. The van der Waals surface area contributed by atoms with Crippen LogP contribution < -0.4 is 9.64 Å². The van der Waals surface area contributed by atoms with E-state index in [1.54, 1.807) is 17.0 Å². The zero-order valence-corrected chi connectivity index (χ0v) is 20.1. The van der Waals surface area contributed by atoms with Crippen LogP contribution in [0.3, 0.4) is 0 Å². The van der Waals surface area contributed by atoms with E-state index in [0.29, 0.717) is 31.0 Å². The van der Waals surface area contributed by atoms with Crippen molar-refractivity contribution in [2.75, 3.05) is 31.1 Å². The number of carbonyl (C=O) groups excluding carboxylic acids is 1. The molecule has 1 heterocycles. The summed E-state index contributed by atoms with van der Waals surface area (Å²) in [5, 5.41) is 10.1. The molecule has 0 unspecified atom stereocenters. The maximum atomic E-state index is 13.3. The molecular formula is C28H31ClN2O3. The van der Waals surface area contributed by atoms with Gasteiger partial charge in [-0.2, -0.15) is 0 Å². The van der Waals surface area contributed by atoms with Crippen molar-refractivity contribution < 1.29 is 14.6 Å². The highest BCUT2D eigenvalue weighted by molar-refractivity contribution is 6.31. The van der Waals surface area contributed by atoms with E-state index in [2.05, 4.69) is 4.90 Å². The average molecular weight is 479 g/mol. The van der Waals surface area contributed by atoms with E-state index < -0.39 is 0 Å². The van der Waals surface area contributed by atoms with Crippen LogP contribution >= 0.6 is 11.6 Å². The molecule has 0 aromatic heterocycles. The van der Waals surface area contributed by atoms with Crippen molar-refractivity contribution in [2.24, 2.45) is 0 Å². The first-order chi connectivity index (χ1) is 16.6. The lowest BCUT2D eigenvalue weighted by Gasteiger charge is -2.24. The van der Waals surface area contributed by atoms with Crippen LogP contribution in [0.5, 0.6) is 11.5 Å². The molecule has 1 saturated heterocycles. The largest absolute Gasteiger partial charge is 0.508 e. The second-order valence-corrected chi connectivity index (χ2v) is 9.04. The molecule has 34 heavy (non-hydrogen) atoms. The zero-order valence-electron chi connectivity index (χ0n) is 19.3. The molecule has 0 radical (unpaired) electrons. The topological polar surface area (TPSA) is 53.0 Å². The van der Waals surface area contributed by atoms with Crippen molar-refractivity contribution >= 4 is 23.2 Å². The molecule has 1 N–H and O–H groups in total. The Bertz CT molecular complexity index is 1070. The first kappa shape index (κ1) is 24.1. The molecule has 0 bridgehead atoms. The lowest BCUT2D eigenvalue weighted by molar-refractivity contribution is -0.118. The quantitative estimate of drug-likeness (QED) is 0.407. The second kappa shape index (κ2) is 11.9. The standard InChI is InChI=1S/C28H31ClN2O3/c29-27-20-25(32)12-9-23(27)21-31(28(33)15-8-22-6-2-1-3-7-22)24-10-13-26(14-11-24)34-19-18-30-16-4-5-17-30/h1-3,6-7,9-14,20,32H,4-5,8,15-19,21H2. The van der Waals surface area contributed by atoms with E-state index >= 15 is 0 Å². The van der Waals surface area contributed by atoms with Crippen LogP contribution in [0.1, 0.15) is 30.4 Å². The van der Waals surface area contributed by atoms with Crippen LogP contribution in [0.4, 0.5) is 5.69 Å². The molecule has 0 aliphatic carbocycles. The summed E-state index contributed by atoms with van der Waals surface area (Å²) in [6, 6.07) is 22.5. The predicted octanol–water partition coefficient (Wildman–Crippen LogP) is 5.69. The Morgan fingerprint density at radius 3 is 2.44 bits per heavy atom. The number of anilines is 1. The Labute approximate surface area is 206 Å². The molecule has 0 atom stereocenters. The van der Waals surface area contributed by atoms with Gasteiger partial charge in [0.2, 0.25) is 5.91 Å². The number of nitrogens with zero attached hydrogens (tertiary/aromatic N) is 2. The highest BCUT2D eigenvalue weighted by Crippen LogP contribution is 2.27. The third kappa shape index (κ3) is 6.75. The van der Waals surface area contributed by atoms with Gasteiger partial charge < -0.3 is 14.7 Å². The van der Waals surface area contributed by atoms with Gasteiger partial charge in [-0.1, -0.05) is 48.0 Å². The van der Waals surface area contributed by atoms with Gasteiger partial charge in [-0.3, -0.25) is 9.69 Å². The number of ether oxygens (including phenoxy) is 1. The fourth-order valence-electron chi connectivity index (χ4n) is 4.21. The molecule has 4 rings (SSSR count). The van der Waals surface area contributed by atoms with Crippen molar-refractivity contribution in [3.63, 3.8) is 0 Å². The number of likely N-dealkylation sites (tertiary alicyclic amines) is 1. The van der Waals surface area contributed by atoms with Crippen molar-refractivity contribution in [3.05, 3.63) is 88.9 Å². The minimum Gasteiger partial charge on any atom is -0.508 e. The van der Waals surface area contributed by atoms with Crippen LogP contribution in [0.15, 0.2) is 72.8 Å². The maximum Gasteiger partial charge on any atom is 0.227 e. The SMILES string of the molecule is O=C(CCc1ccccc1)N(Cc1ccc(O)cc1Cl)c1ccc(OCCN2CCCC2)cc1. The molecule has 1 amide bonds. The molecule has 1 aliphatic rings. The van der Waals surface area contributed by atoms with E-state index in [0.717, 1.165) is 42.2 Å². The Morgan fingerprint density at radius 2 is 1.74 bits per heavy atom. The summed E-state index contributed by atoms with van der Waals surface area (Å²) in [5.74, 6) is 0.907. The summed E-state index contributed by atoms with van der Waals surface area (Å²) in [6.07, 6.45) is 3.59. The molecular weight excluding hydrogens is 448 g/mol. The summed E-state index contributed by atoms with van der Waals surface area (Å²) in [5.41, 5.74) is 2.69. The number of amides is 1. The number of hydrogen-bond donors (Lipinski definition) is 1. The van der Waals surface area contributed by atoms with Gasteiger partial charge in [0.25, 0.3) is 0 Å². The Balaban J connectivity index is 1.45. The van der Waals surface area contributed by atoms with E-state index in [1.807, 2.05) is 54.6 Å². The lowest BCUT2D eigenvalue weighted by atomic mass is 10.1. The number of phenols is 1. The number of halogens is 1. The van der Waals surface area contributed by atoms with Gasteiger partial charge >= 0.3 is 0 Å². The molecule has 6 heteroatoms. The van der Waals surface area contributed by atoms with Gasteiger partial charge in [0.1, 0.15) is 18.1 Å². The minimum atomic E-state index is 0.00990. The monoisotopic (exact) mass is 478 g/mol. The number of hydrogen-bond acceptors (Lipinski definition) is 4. The van der Waals surface area contributed by atoms with Crippen LogP contribution in [0, 0.1) is 0 Å². The molecule has 3 aromatic rings.